The van der Waals surface area contributed by atoms with E-state index in [1.54, 1.807) is 18.2 Å². The lowest BCUT2D eigenvalue weighted by Crippen LogP contribution is -2.30. The van der Waals surface area contributed by atoms with Crippen LogP contribution in [0.25, 0.3) is 0 Å². The van der Waals surface area contributed by atoms with Gasteiger partial charge in [0.2, 0.25) is 0 Å². The molecular weight excluding hydrogens is 311 g/mol. The van der Waals surface area contributed by atoms with Crippen molar-refractivity contribution in [3.05, 3.63) is 46.3 Å². The van der Waals surface area contributed by atoms with Crippen LogP contribution in [-0.4, -0.2) is 21.9 Å². The molecule has 21 heavy (non-hydrogen) atoms. The molecule has 0 spiro atoms. The molecule has 110 valence electrons. The number of carbonyl (C=O) groups excluding carboxylic acids is 1. The van der Waals surface area contributed by atoms with Gasteiger partial charge in [0.25, 0.3) is 5.91 Å². The van der Waals surface area contributed by atoms with Gasteiger partial charge in [-0.2, -0.15) is 0 Å². The van der Waals surface area contributed by atoms with Crippen molar-refractivity contribution in [2.45, 2.75) is 19.9 Å². The fraction of sp³-hybridized carbons (Fsp3) is 0.214. The lowest BCUT2D eigenvalue weighted by Gasteiger charge is -2.09. The first-order chi connectivity index (χ1) is 9.95. The topological polar surface area (TPSA) is 66.9 Å². The average molecular weight is 325 g/mol. The maximum absolute atomic E-state index is 11.7. The van der Waals surface area contributed by atoms with E-state index in [4.69, 9.17) is 23.2 Å². The molecule has 1 heterocycles. The van der Waals surface area contributed by atoms with Crippen molar-refractivity contribution >= 4 is 40.6 Å². The molecule has 0 unspecified atom stereocenters. The number of rotatable bonds is 4. The SMILES string of the molecule is CC(C)NC(=O)c1cnc(Nc2ccc(Cl)c(Cl)c2)cn1. The molecule has 0 bridgehead atoms. The highest BCUT2D eigenvalue weighted by Crippen LogP contribution is 2.26. The third-order valence-electron chi connectivity index (χ3n) is 2.50. The Morgan fingerprint density at radius 1 is 1.14 bits per heavy atom. The van der Waals surface area contributed by atoms with E-state index in [0.29, 0.717) is 15.9 Å². The molecular formula is C14H14Cl2N4O. The highest BCUT2D eigenvalue weighted by atomic mass is 35.5. The van der Waals surface area contributed by atoms with Crippen LogP contribution in [0, 0.1) is 0 Å². The molecule has 2 rings (SSSR count). The summed E-state index contributed by atoms with van der Waals surface area (Å²) in [4.78, 5) is 20.0. The summed E-state index contributed by atoms with van der Waals surface area (Å²) in [5.41, 5.74) is 1.00. The quantitative estimate of drug-likeness (QED) is 0.900. The highest BCUT2D eigenvalue weighted by molar-refractivity contribution is 6.42. The number of benzene rings is 1. The largest absolute Gasteiger partial charge is 0.348 e. The number of anilines is 2. The molecule has 0 atom stereocenters. The fourth-order valence-electron chi connectivity index (χ4n) is 1.57. The van der Waals surface area contributed by atoms with E-state index >= 15 is 0 Å². The molecule has 1 aromatic carbocycles. The Kier molecular flexibility index (Phi) is 4.98. The zero-order valence-electron chi connectivity index (χ0n) is 11.5. The Labute approximate surface area is 132 Å². The molecule has 0 fully saturated rings. The minimum Gasteiger partial charge on any atom is -0.348 e. The Bertz CT molecular complexity index is 644. The number of hydrogen-bond acceptors (Lipinski definition) is 4. The Hall–Kier alpha value is -1.85. The zero-order valence-corrected chi connectivity index (χ0v) is 13.0. The maximum Gasteiger partial charge on any atom is 0.271 e. The van der Waals surface area contributed by atoms with Crippen LogP contribution in [-0.2, 0) is 0 Å². The Balaban J connectivity index is 2.08. The molecule has 0 aliphatic heterocycles. The lowest BCUT2D eigenvalue weighted by atomic mass is 10.3. The normalized spacial score (nSPS) is 10.5. The molecule has 5 nitrogen and oxygen atoms in total. The summed E-state index contributed by atoms with van der Waals surface area (Å²) in [6.45, 7) is 3.76. The first-order valence-electron chi connectivity index (χ1n) is 6.30. The van der Waals surface area contributed by atoms with Gasteiger partial charge in [0, 0.05) is 11.7 Å². The first-order valence-corrected chi connectivity index (χ1v) is 7.06. The minimum absolute atomic E-state index is 0.0494. The second-order valence-corrected chi connectivity index (χ2v) is 5.48. The number of nitrogens with zero attached hydrogens (tertiary/aromatic N) is 2. The van der Waals surface area contributed by atoms with Crippen molar-refractivity contribution in [2.75, 3.05) is 5.32 Å². The van der Waals surface area contributed by atoms with Crippen molar-refractivity contribution in [2.24, 2.45) is 0 Å². The van der Waals surface area contributed by atoms with Crippen molar-refractivity contribution < 1.29 is 4.79 Å². The van der Waals surface area contributed by atoms with E-state index in [0.717, 1.165) is 5.69 Å². The van der Waals surface area contributed by atoms with Crippen LogP contribution in [0.1, 0.15) is 24.3 Å². The average Bonchev–Trinajstić information content (AvgIpc) is 2.43. The highest BCUT2D eigenvalue weighted by Gasteiger charge is 2.09. The van der Waals surface area contributed by atoms with Gasteiger partial charge in [-0.3, -0.25) is 4.79 Å². The molecule has 1 aromatic heterocycles. The van der Waals surface area contributed by atoms with Crippen LogP contribution in [0.2, 0.25) is 10.0 Å². The van der Waals surface area contributed by atoms with Crippen molar-refractivity contribution in [1.82, 2.24) is 15.3 Å². The zero-order chi connectivity index (χ0) is 15.4. The van der Waals surface area contributed by atoms with Crippen LogP contribution in [0.3, 0.4) is 0 Å². The number of hydrogen-bond donors (Lipinski definition) is 2. The van der Waals surface area contributed by atoms with Crippen molar-refractivity contribution in [1.29, 1.82) is 0 Å². The van der Waals surface area contributed by atoms with E-state index < -0.39 is 0 Å². The number of halogens is 2. The van der Waals surface area contributed by atoms with E-state index in [2.05, 4.69) is 20.6 Å². The number of nitrogens with one attached hydrogen (secondary N) is 2. The van der Waals surface area contributed by atoms with E-state index in [9.17, 15) is 4.79 Å². The third-order valence-corrected chi connectivity index (χ3v) is 3.24. The summed E-state index contributed by atoms with van der Waals surface area (Å²) < 4.78 is 0. The minimum atomic E-state index is -0.251. The predicted octanol–water partition coefficient (Wildman–Crippen LogP) is 3.67. The lowest BCUT2D eigenvalue weighted by molar-refractivity contribution is 0.0937. The smallest absolute Gasteiger partial charge is 0.271 e. The van der Waals surface area contributed by atoms with Crippen molar-refractivity contribution in [3.8, 4) is 0 Å². The standard InChI is InChI=1S/C14H14Cl2N4O/c1-8(2)19-14(21)12-6-18-13(7-17-12)20-9-3-4-10(15)11(16)5-9/h3-8H,1-2H3,(H,18,20)(H,19,21). The third kappa shape index (κ3) is 4.31. The van der Waals surface area contributed by atoms with Gasteiger partial charge in [0.05, 0.1) is 22.4 Å². The summed E-state index contributed by atoms with van der Waals surface area (Å²) >= 11 is 11.8. The van der Waals surface area contributed by atoms with Gasteiger partial charge in [0.15, 0.2) is 0 Å². The molecule has 7 heteroatoms. The number of amides is 1. The molecule has 0 saturated carbocycles. The van der Waals surface area contributed by atoms with Gasteiger partial charge >= 0.3 is 0 Å². The molecule has 0 aliphatic rings. The van der Waals surface area contributed by atoms with Crippen molar-refractivity contribution in [3.63, 3.8) is 0 Å². The van der Waals surface area contributed by atoms with E-state index in [1.165, 1.54) is 12.4 Å². The Morgan fingerprint density at radius 3 is 2.48 bits per heavy atom. The van der Waals surface area contributed by atoms with Gasteiger partial charge in [-0.25, -0.2) is 9.97 Å². The second-order valence-electron chi connectivity index (χ2n) is 4.67. The molecule has 2 N–H and O–H groups in total. The summed E-state index contributed by atoms with van der Waals surface area (Å²) in [5, 5.41) is 6.71. The Morgan fingerprint density at radius 2 is 1.90 bits per heavy atom. The van der Waals surface area contributed by atoms with E-state index in [-0.39, 0.29) is 17.6 Å². The van der Waals surface area contributed by atoms with Gasteiger partial charge < -0.3 is 10.6 Å². The van der Waals surface area contributed by atoms with Gasteiger partial charge in [0.1, 0.15) is 11.5 Å². The molecule has 2 aromatic rings. The van der Waals surface area contributed by atoms with Crippen LogP contribution in [0.15, 0.2) is 30.6 Å². The molecule has 0 saturated heterocycles. The van der Waals surface area contributed by atoms with Crippen LogP contribution in [0.5, 0.6) is 0 Å². The summed E-state index contributed by atoms with van der Waals surface area (Å²) in [5.74, 6) is 0.257. The first kappa shape index (κ1) is 15.5. The van der Waals surface area contributed by atoms with Crippen LogP contribution >= 0.6 is 23.2 Å². The summed E-state index contributed by atoms with van der Waals surface area (Å²) in [6.07, 6.45) is 2.90. The monoisotopic (exact) mass is 324 g/mol. The van der Waals surface area contributed by atoms with Gasteiger partial charge in [-0.1, -0.05) is 23.2 Å². The molecule has 0 aliphatic carbocycles. The van der Waals surface area contributed by atoms with E-state index in [1.807, 2.05) is 13.8 Å². The van der Waals surface area contributed by atoms with Gasteiger partial charge in [-0.05, 0) is 32.0 Å². The van der Waals surface area contributed by atoms with Crippen LogP contribution in [0.4, 0.5) is 11.5 Å². The predicted molar refractivity (Wildman–Crippen MR) is 84.4 cm³/mol. The summed E-state index contributed by atoms with van der Waals surface area (Å²) in [6, 6.07) is 5.19. The number of carbonyl (C=O) groups is 1. The summed E-state index contributed by atoms with van der Waals surface area (Å²) in [7, 11) is 0. The fourth-order valence-corrected chi connectivity index (χ4v) is 1.87. The van der Waals surface area contributed by atoms with Gasteiger partial charge in [-0.15, -0.1) is 0 Å². The van der Waals surface area contributed by atoms with Crippen LogP contribution < -0.4 is 10.6 Å². The maximum atomic E-state index is 11.7. The molecule has 0 radical (unpaired) electrons. The second kappa shape index (κ2) is 6.74. The molecule has 1 amide bonds. The number of aromatic nitrogens is 2.